The summed E-state index contributed by atoms with van der Waals surface area (Å²) in [6.07, 6.45) is -4.37. The van der Waals surface area contributed by atoms with E-state index in [2.05, 4.69) is 0 Å². The lowest BCUT2D eigenvalue weighted by Gasteiger charge is -2.09. The Morgan fingerprint density at radius 3 is 2.25 bits per heavy atom. The van der Waals surface area contributed by atoms with Crippen LogP contribution in [0.2, 0.25) is 0 Å². The number of nitrogens with one attached hydrogen (secondary N) is 1. The Bertz CT molecular complexity index is 148. The maximum absolute atomic E-state index is 11.4. The van der Waals surface area contributed by atoms with Gasteiger partial charge in [0.05, 0.1) is 6.04 Å². The van der Waals surface area contributed by atoms with Crippen LogP contribution in [0.1, 0.15) is 6.92 Å². The number of nitrogens with two attached hydrogens (primary N) is 1. The summed E-state index contributed by atoms with van der Waals surface area (Å²) in [5, 5.41) is 1.63. The van der Waals surface area contributed by atoms with Crippen LogP contribution in [-0.4, -0.2) is 24.7 Å². The molecule has 1 atom stereocenters. The molecular formula is C5H10ClF3N2O. The number of carbonyl (C=O) groups excluding carboxylic acids is 1. The first kappa shape index (κ1) is 14.1. The molecule has 0 saturated heterocycles. The zero-order chi connectivity index (χ0) is 9.07. The molecule has 0 spiro atoms. The highest BCUT2D eigenvalue weighted by molar-refractivity contribution is 5.85. The van der Waals surface area contributed by atoms with Crippen molar-refractivity contribution in [2.75, 3.05) is 6.54 Å². The standard InChI is InChI=1S/C5H9F3N2O.ClH/c1-3(9)4(11)10-2-5(6,7)8;/h3H,2,9H2,1H3,(H,10,11);1H/t3-;/m0./s1. The smallest absolute Gasteiger partial charge is 0.346 e. The minimum atomic E-state index is -4.37. The minimum Gasteiger partial charge on any atom is -0.346 e. The van der Waals surface area contributed by atoms with Crippen LogP contribution in [0.5, 0.6) is 0 Å². The van der Waals surface area contributed by atoms with E-state index in [1.165, 1.54) is 6.92 Å². The molecule has 3 N–H and O–H groups in total. The Kier molecular flexibility index (Phi) is 6.10. The van der Waals surface area contributed by atoms with Crippen molar-refractivity contribution >= 4 is 18.3 Å². The summed E-state index contributed by atoms with van der Waals surface area (Å²) in [6, 6.07) is -0.905. The molecule has 0 fully saturated rings. The summed E-state index contributed by atoms with van der Waals surface area (Å²) in [5.41, 5.74) is 4.99. The van der Waals surface area contributed by atoms with E-state index in [4.69, 9.17) is 5.73 Å². The molecule has 0 aliphatic heterocycles. The van der Waals surface area contributed by atoms with Crippen LogP contribution in [0.15, 0.2) is 0 Å². The average Bonchev–Trinajstić information content (AvgIpc) is 1.80. The lowest BCUT2D eigenvalue weighted by molar-refractivity contribution is -0.138. The Balaban J connectivity index is 0. The summed E-state index contributed by atoms with van der Waals surface area (Å²) in [6.45, 7) is -0.0148. The second kappa shape index (κ2) is 5.21. The fourth-order valence-electron chi connectivity index (χ4n) is 0.348. The molecule has 0 aromatic carbocycles. The quantitative estimate of drug-likeness (QED) is 0.689. The third-order valence-electron chi connectivity index (χ3n) is 0.877. The van der Waals surface area contributed by atoms with Crippen LogP contribution in [0, 0.1) is 0 Å². The second-order valence-corrected chi connectivity index (χ2v) is 2.12. The molecule has 0 saturated carbocycles. The number of carbonyl (C=O) groups is 1. The molecule has 0 unspecified atom stereocenters. The normalized spacial score (nSPS) is 13.1. The number of rotatable bonds is 2. The van der Waals surface area contributed by atoms with Crippen molar-refractivity contribution in [2.24, 2.45) is 5.73 Å². The van der Waals surface area contributed by atoms with Crippen LogP contribution in [0.3, 0.4) is 0 Å². The number of amides is 1. The summed E-state index contributed by atoms with van der Waals surface area (Å²) in [7, 11) is 0. The van der Waals surface area contributed by atoms with Gasteiger partial charge in [-0.15, -0.1) is 12.4 Å². The minimum absolute atomic E-state index is 0. The van der Waals surface area contributed by atoms with Crippen molar-refractivity contribution in [3.63, 3.8) is 0 Å². The van der Waals surface area contributed by atoms with Gasteiger partial charge in [-0.2, -0.15) is 13.2 Å². The van der Waals surface area contributed by atoms with E-state index in [0.717, 1.165) is 0 Å². The van der Waals surface area contributed by atoms with Crippen LogP contribution < -0.4 is 11.1 Å². The summed E-state index contributed by atoms with van der Waals surface area (Å²) in [5.74, 6) is -0.803. The SMILES string of the molecule is C[C@H](N)C(=O)NCC(F)(F)F.Cl. The fraction of sp³-hybridized carbons (Fsp3) is 0.800. The first-order chi connectivity index (χ1) is 4.83. The predicted molar refractivity (Wildman–Crippen MR) is 40.0 cm³/mol. The summed E-state index contributed by atoms with van der Waals surface area (Å²) >= 11 is 0. The van der Waals surface area contributed by atoms with Crippen molar-refractivity contribution in [3.05, 3.63) is 0 Å². The monoisotopic (exact) mass is 206 g/mol. The van der Waals surface area contributed by atoms with Crippen LogP contribution in [0.4, 0.5) is 13.2 Å². The highest BCUT2D eigenvalue weighted by atomic mass is 35.5. The third kappa shape index (κ3) is 7.62. The topological polar surface area (TPSA) is 55.1 Å². The van der Waals surface area contributed by atoms with Gasteiger partial charge in [0.2, 0.25) is 5.91 Å². The number of halogens is 4. The van der Waals surface area contributed by atoms with Gasteiger partial charge in [0.1, 0.15) is 6.54 Å². The fourth-order valence-corrected chi connectivity index (χ4v) is 0.348. The molecule has 0 bridgehead atoms. The molecule has 0 aliphatic carbocycles. The maximum atomic E-state index is 11.4. The maximum Gasteiger partial charge on any atom is 0.405 e. The first-order valence-corrected chi connectivity index (χ1v) is 2.93. The lowest BCUT2D eigenvalue weighted by Crippen LogP contribution is -2.42. The van der Waals surface area contributed by atoms with E-state index >= 15 is 0 Å². The van der Waals surface area contributed by atoms with Gasteiger partial charge in [0, 0.05) is 0 Å². The largest absolute Gasteiger partial charge is 0.405 e. The van der Waals surface area contributed by atoms with Crippen LogP contribution in [-0.2, 0) is 4.79 Å². The van der Waals surface area contributed by atoms with E-state index < -0.39 is 24.7 Å². The second-order valence-electron chi connectivity index (χ2n) is 2.12. The molecule has 12 heavy (non-hydrogen) atoms. The molecule has 0 aromatic heterocycles. The lowest BCUT2D eigenvalue weighted by atomic mass is 10.3. The molecule has 0 rings (SSSR count). The van der Waals surface area contributed by atoms with Gasteiger partial charge in [-0.3, -0.25) is 4.79 Å². The van der Waals surface area contributed by atoms with Gasteiger partial charge in [-0.1, -0.05) is 0 Å². The number of alkyl halides is 3. The molecule has 0 aromatic rings. The van der Waals surface area contributed by atoms with Gasteiger partial charge in [0.15, 0.2) is 0 Å². The van der Waals surface area contributed by atoms with Gasteiger partial charge >= 0.3 is 6.18 Å². The molecular weight excluding hydrogens is 197 g/mol. The van der Waals surface area contributed by atoms with Gasteiger partial charge in [-0.25, -0.2) is 0 Å². The molecule has 0 radical (unpaired) electrons. The van der Waals surface area contributed by atoms with E-state index in [1.807, 2.05) is 0 Å². The molecule has 0 heterocycles. The average molecular weight is 207 g/mol. The van der Waals surface area contributed by atoms with E-state index in [1.54, 1.807) is 5.32 Å². The van der Waals surface area contributed by atoms with Gasteiger partial charge in [-0.05, 0) is 6.92 Å². The Labute approximate surface area is 73.9 Å². The summed E-state index contributed by atoms with van der Waals surface area (Å²) in [4.78, 5) is 10.5. The highest BCUT2D eigenvalue weighted by Crippen LogP contribution is 2.11. The van der Waals surface area contributed by atoms with E-state index in [-0.39, 0.29) is 12.4 Å². The Hall–Kier alpha value is -0.490. The van der Waals surface area contributed by atoms with Crippen molar-refractivity contribution < 1.29 is 18.0 Å². The van der Waals surface area contributed by atoms with E-state index in [9.17, 15) is 18.0 Å². The number of hydrogen-bond donors (Lipinski definition) is 2. The van der Waals surface area contributed by atoms with Crippen molar-refractivity contribution in [3.8, 4) is 0 Å². The zero-order valence-corrected chi connectivity index (χ0v) is 7.13. The van der Waals surface area contributed by atoms with Gasteiger partial charge in [0.25, 0.3) is 0 Å². The van der Waals surface area contributed by atoms with Crippen molar-refractivity contribution in [2.45, 2.75) is 19.1 Å². The zero-order valence-electron chi connectivity index (χ0n) is 6.31. The Morgan fingerprint density at radius 2 is 2.00 bits per heavy atom. The van der Waals surface area contributed by atoms with Gasteiger partial charge < -0.3 is 11.1 Å². The first-order valence-electron chi connectivity index (χ1n) is 2.93. The molecule has 3 nitrogen and oxygen atoms in total. The van der Waals surface area contributed by atoms with Crippen molar-refractivity contribution in [1.82, 2.24) is 5.32 Å². The molecule has 7 heteroatoms. The molecule has 1 amide bonds. The van der Waals surface area contributed by atoms with Crippen LogP contribution >= 0.6 is 12.4 Å². The third-order valence-corrected chi connectivity index (χ3v) is 0.877. The van der Waals surface area contributed by atoms with E-state index in [0.29, 0.717) is 0 Å². The predicted octanol–water partition coefficient (Wildman–Crippen LogP) is 0.434. The highest BCUT2D eigenvalue weighted by Gasteiger charge is 2.27. The molecule has 74 valence electrons. The van der Waals surface area contributed by atoms with Crippen molar-refractivity contribution in [1.29, 1.82) is 0 Å². The van der Waals surface area contributed by atoms with Crippen LogP contribution in [0.25, 0.3) is 0 Å². The summed E-state index contributed by atoms with van der Waals surface area (Å²) < 4.78 is 34.3. The number of hydrogen-bond acceptors (Lipinski definition) is 2. The Morgan fingerprint density at radius 1 is 1.58 bits per heavy atom. The molecule has 0 aliphatic rings.